The highest BCUT2D eigenvalue weighted by Gasteiger charge is 2.20. The molecule has 0 unspecified atom stereocenters. The molecule has 0 radical (unpaired) electrons. The Balaban J connectivity index is 2.02. The van der Waals surface area contributed by atoms with E-state index in [1.807, 2.05) is 11.4 Å². The van der Waals surface area contributed by atoms with E-state index in [9.17, 15) is 14.4 Å². The second-order valence-electron chi connectivity index (χ2n) is 5.38. The zero-order valence-corrected chi connectivity index (χ0v) is 15.8. The van der Waals surface area contributed by atoms with Crippen LogP contribution >= 0.6 is 11.3 Å². The number of methoxy groups -OCH3 is 2. The minimum atomic E-state index is -1.14. The van der Waals surface area contributed by atoms with Crippen LogP contribution in [-0.4, -0.2) is 43.2 Å². The van der Waals surface area contributed by atoms with Crippen LogP contribution in [0.25, 0.3) is 10.6 Å². The maximum Gasteiger partial charge on any atom is 0.318 e. The van der Waals surface area contributed by atoms with Crippen LogP contribution in [0, 0.1) is 0 Å². The van der Waals surface area contributed by atoms with Gasteiger partial charge in [-0.1, -0.05) is 0 Å². The molecule has 3 amide bonds. The first kappa shape index (κ1) is 20.2. The predicted molar refractivity (Wildman–Crippen MR) is 97.6 cm³/mol. The summed E-state index contributed by atoms with van der Waals surface area (Å²) in [6.07, 6.45) is -1.26. The summed E-state index contributed by atoms with van der Waals surface area (Å²) in [5, 5.41) is 4.26. The van der Waals surface area contributed by atoms with E-state index in [4.69, 9.17) is 19.9 Å². The summed E-state index contributed by atoms with van der Waals surface area (Å²) < 4.78 is 15.4. The SMILES string of the molecule is COc1ccc(-c2nc(CC(=O)O[C@@H](C)C(=O)NC(N)=O)cs2)cc1OC. The molecule has 27 heavy (non-hydrogen) atoms. The van der Waals surface area contributed by atoms with Crippen molar-refractivity contribution in [2.75, 3.05) is 14.2 Å². The molecule has 1 atom stereocenters. The van der Waals surface area contributed by atoms with Gasteiger partial charge in [0.1, 0.15) is 5.01 Å². The molecule has 0 bridgehead atoms. The first-order chi connectivity index (χ1) is 12.8. The average molecular weight is 393 g/mol. The number of carbonyl (C=O) groups excluding carboxylic acids is 3. The number of thiazole rings is 1. The van der Waals surface area contributed by atoms with E-state index in [0.717, 1.165) is 5.56 Å². The number of urea groups is 1. The summed E-state index contributed by atoms with van der Waals surface area (Å²) in [6, 6.07) is 4.37. The van der Waals surface area contributed by atoms with Crippen molar-refractivity contribution in [2.24, 2.45) is 5.73 Å². The van der Waals surface area contributed by atoms with Gasteiger partial charge in [-0.2, -0.15) is 0 Å². The number of benzene rings is 1. The van der Waals surface area contributed by atoms with Crippen molar-refractivity contribution >= 4 is 29.2 Å². The highest BCUT2D eigenvalue weighted by molar-refractivity contribution is 7.13. The lowest BCUT2D eigenvalue weighted by Crippen LogP contribution is -2.42. The van der Waals surface area contributed by atoms with E-state index in [1.165, 1.54) is 18.3 Å². The zero-order chi connectivity index (χ0) is 20.0. The maximum atomic E-state index is 12.0. The van der Waals surface area contributed by atoms with Crippen LogP contribution in [0.1, 0.15) is 12.6 Å². The van der Waals surface area contributed by atoms with Gasteiger partial charge in [-0.15, -0.1) is 11.3 Å². The lowest BCUT2D eigenvalue weighted by molar-refractivity contribution is -0.153. The number of imide groups is 1. The van der Waals surface area contributed by atoms with Crippen molar-refractivity contribution in [3.8, 4) is 22.1 Å². The minimum Gasteiger partial charge on any atom is -0.493 e. The van der Waals surface area contributed by atoms with Crippen molar-refractivity contribution < 1.29 is 28.6 Å². The van der Waals surface area contributed by atoms with Gasteiger partial charge < -0.3 is 19.9 Å². The quantitative estimate of drug-likeness (QED) is 0.682. The van der Waals surface area contributed by atoms with E-state index in [1.54, 1.807) is 31.7 Å². The fraction of sp³-hybridized carbons (Fsp3) is 0.294. The molecule has 144 valence electrons. The third kappa shape index (κ3) is 5.42. The van der Waals surface area contributed by atoms with E-state index in [2.05, 4.69) is 4.98 Å². The maximum absolute atomic E-state index is 12.0. The average Bonchev–Trinajstić information content (AvgIpc) is 3.08. The Morgan fingerprint density at radius 3 is 2.56 bits per heavy atom. The molecule has 0 aliphatic rings. The van der Waals surface area contributed by atoms with Crippen LogP contribution in [0.2, 0.25) is 0 Å². The Kier molecular flexibility index (Phi) is 6.72. The van der Waals surface area contributed by atoms with E-state index >= 15 is 0 Å². The Labute approximate surface area is 159 Å². The van der Waals surface area contributed by atoms with Gasteiger partial charge in [-0.25, -0.2) is 9.78 Å². The summed E-state index contributed by atoms with van der Waals surface area (Å²) in [7, 11) is 3.09. The Morgan fingerprint density at radius 2 is 1.93 bits per heavy atom. The molecule has 1 heterocycles. The molecule has 0 spiro atoms. The second kappa shape index (κ2) is 8.99. The fourth-order valence-electron chi connectivity index (χ4n) is 2.15. The topological polar surface area (TPSA) is 130 Å². The molecule has 0 saturated carbocycles. The van der Waals surface area contributed by atoms with Crippen LogP contribution in [0.5, 0.6) is 11.5 Å². The monoisotopic (exact) mass is 393 g/mol. The third-order valence-corrected chi connectivity index (χ3v) is 4.37. The lowest BCUT2D eigenvalue weighted by atomic mass is 10.2. The van der Waals surface area contributed by atoms with Gasteiger partial charge in [-0.05, 0) is 25.1 Å². The number of rotatable bonds is 7. The number of carbonyl (C=O) groups is 3. The standard InChI is InChI=1S/C17H19N3O6S/c1-9(15(22)20-17(18)23)26-14(21)7-11-8-27-16(19-11)10-4-5-12(24-2)13(6-10)25-3/h4-6,8-9H,7H2,1-3H3,(H3,18,20,22,23)/t9-/m0/s1. The lowest BCUT2D eigenvalue weighted by Gasteiger charge is -2.11. The summed E-state index contributed by atoms with van der Waals surface area (Å²) >= 11 is 1.36. The molecular weight excluding hydrogens is 374 g/mol. The Hall–Kier alpha value is -3.14. The van der Waals surface area contributed by atoms with Crippen molar-refractivity contribution in [1.29, 1.82) is 0 Å². The number of hydrogen-bond acceptors (Lipinski definition) is 8. The van der Waals surface area contributed by atoms with Crippen molar-refractivity contribution in [3.05, 3.63) is 29.3 Å². The molecule has 1 aromatic carbocycles. The Bertz CT molecular complexity index is 851. The summed E-state index contributed by atoms with van der Waals surface area (Å²) in [6.45, 7) is 1.34. The van der Waals surface area contributed by atoms with Gasteiger partial charge >= 0.3 is 12.0 Å². The molecule has 3 N–H and O–H groups in total. The van der Waals surface area contributed by atoms with Gasteiger partial charge in [-0.3, -0.25) is 14.9 Å². The fourth-order valence-corrected chi connectivity index (χ4v) is 2.97. The van der Waals surface area contributed by atoms with Crippen LogP contribution in [0.3, 0.4) is 0 Å². The highest BCUT2D eigenvalue weighted by atomic mass is 32.1. The van der Waals surface area contributed by atoms with Crippen molar-refractivity contribution in [1.82, 2.24) is 10.3 Å². The molecule has 9 nitrogen and oxygen atoms in total. The molecule has 0 aliphatic carbocycles. The van der Waals surface area contributed by atoms with Crippen molar-refractivity contribution in [2.45, 2.75) is 19.4 Å². The third-order valence-electron chi connectivity index (χ3n) is 3.43. The number of primary amides is 1. The summed E-state index contributed by atoms with van der Waals surface area (Å²) in [5.74, 6) is -0.267. The van der Waals surface area contributed by atoms with Crippen LogP contribution in [-0.2, 0) is 20.7 Å². The largest absolute Gasteiger partial charge is 0.493 e. The molecule has 2 aromatic rings. The molecule has 10 heteroatoms. The highest BCUT2D eigenvalue weighted by Crippen LogP contribution is 2.33. The van der Waals surface area contributed by atoms with Crippen LogP contribution in [0.4, 0.5) is 4.79 Å². The van der Waals surface area contributed by atoms with E-state index < -0.39 is 24.0 Å². The summed E-state index contributed by atoms with van der Waals surface area (Å²) in [5.41, 5.74) is 6.15. The first-order valence-electron chi connectivity index (χ1n) is 7.80. The van der Waals surface area contributed by atoms with Gasteiger partial charge in [0.25, 0.3) is 5.91 Å². The number of nitrogens with zero attached hydrogens (tertiary/aromatic N) is 1. The number of nitrogens with one attached hydrogen (secondary N) is 1. The molecular formula is C17H19N3O6S. The number of ether oxygens (including phenoxy) is 3. The Morgan fingerprint density at radius 1 is 1.22 bits per heavy atom. The predicted octanol–water partition coefficient (Wildman–Crippen LogP) is 1.50. The minimum absolute atomic E-state index is 0.113. The normalized spacial score (nSPS) is 11.4. The molecule has 1 aromatic heterocycles. The van der Waals surface area contributed by atoms with Gasteiger partial charge in [0, 0.05) is 10.9 Å². The van der Waals surface area contributed by atoms with E-state index in [0.29, 0.717) is 22.2 Å². The molecule has 0 fully saturated rings. The van der Waals surface area contributed by atoms with Gasteiger partial charge in [0.05, 0.1) is 26.3 Å². The molecule has 0 saturated heterocycles. The van der Waals surface area contributed by atoms with Crippen molar-refractivity contribution in [3.63, 3.8) is 0 Å². The van der Waals surface area contributed by atoms with Gasteiger partial charge in [0.15, 0.2) is 17.6 Å². The molecule has 0 aliphatic heterocycles. The number of nitrogens with two attached hydrogens (primary N) is 1. The number of amides is 3. The van der Waals surface area contributed by atoms with Crippen LogP contribution < -0.4 is 20.5 Å². The smallest absolute Gasteiger partial charge is 0.318 e. The number of esters is 1. The first-order valence-corrected chi connectivity index (χ1v) is 8.68. The second-order valence-corrected chi connectivity index (χ2v) is 6.23. The molecule has 2 rings (SSSR count). The van der Waals surface area contributed by atoms with Crippen LogP contribution in [0.15, 0.2) is 23.6 Å². The number of hydrogen-bond donors (Lipinski definition) is 2. The summed E-state index contributed by atoms with van der Waals surface area (Å²) in [4.78, 5) is 38.5. The number of aromatic nitrogens is 1. The zero-order valence-electron chi connectivity index (χ0n) is 15.0. The van der Waals surface area contributed by atoms with Gasteiger partial charge in [0.2, 0.25) is 0 Å². The van der Waals surface area contributed by atoms with E-state index in [-0.39, 0.29) is 6.42 Å².